The second-order valence-electron chi connectivity index (χ2n) is 10.5. The topological polar surface area (TPSA) is 102 Å². The van der Waals surface area contributed by atoms with Gasteiger partial charge < -0.3 is 15.0 Å². The summed E-state index contributed by atoms with van der Waals surface area (Å²) >= 11 is 0. The van der Waals surface area contributed by atoms with Gasteiger partial charge in [0.05, 0.1) is 41.6 Å². The summed E-state index contributed by atoms with van der Waals surface area (Å²) in [4.78, 5) is 38.1. The molecular weight excluding hydrogens is 480 g/mol. The van der Waals surface area contributed by atoms with E-state index in [1.54, 1.807) is 0 Å². The molecule has 38 heavy (non-hydrogen) atoms. The molecule has 196 valence electrons. The summed E-state index contributed by atoms with van der Waals surface area (Å²) in [5.74, 6) is 0.724. The Morgan fingerprint density at radius 1 is 1.16 bits per heavy atom. The first-order valence-corrected chi connectivity index (χ1v) is 13.3. The van der Waals surface area contributed by atoms with Crippen LogP contribution in [0.2, 0.25) is 0 Å². The lowest BCUT2D eigenvalue weighted by Crippen LogP contribution is -2.36. The van der Waals surface area contributed by atoms with E-state index in [1.807, 2.05) is 55.9 Å². The Bertz CT molecular complexity index is 1490. The Morgan fingerprint density at radius 2 is 1.95 bits per heavy atom. The average Bonchev–Trinajstić information content (AvgIpc) is 3.71. The van der Waals surface area contributed by atoms with Gasteiger partial charge in [-0.3, -0.25) is 9.59 Å². The highest BCUT2D eigenvalue weighted by Crippen LogP contribution is 2.38. The number of anilines is 1. The van der Waals surface area contributed by atoms with E-state index < -0.39 is 0 Å². The number of carbonyl (C=O) groups is 2. The lowest BCUT2D eigenvalue weighted by molar-refractivity contribution is -0.115. The third-order valence-electron chi connectivity index (χ3n) is 7.49. The first-order valence-electron chi connectivity index (χ1n) is 13.3. The van der Waals surface area contributed by atoms with Crippen molar-refractivity contribution in [1.82, 2.24) is 25.1 Å². The van der Waals surface area contributed by atoms with Gasteiger partial charge in [-0.05, 0) is 57.4 Å². The van der Waals surface area contributed by atoms with E-state index in [1.165, 1.54) is 0 Å². The maximum atomic E-state index is 13.6. The molecule has 2 aliphatic carbocycles. The summed E-state index contributed by atoms with van der Waals surface area (Å²) in [6.07, 6.45) is 6.34. The molecule has 2 fully saturated rings. The molecule has 1 aliphatic heterocycles. The van der Waals surface area contributed by atoms with Gasteiger partial charge in [-0.25, -0.2) is 14.6 Å². The monoisotopic (exact) mass is 512 g/mol. The number of nitrogens with zero attached hydrogens (tertiary/aromatic N) is 5. The molecule has 1 saturated heterocycles. The van der Waals surface area contributed by atoms with Crippen LogP contribution < -0.4 is 10.2 Å². The molecule has 3 aliphatic rings. The molecule has 0 bridgehead atoms. The van der Waals surface area contributed by atoms with Gasteiger partial charge in [0.2, 0.25) is 0 Å². The van der Waals surface area contributed by atoms with Crippen molar-refractivity contribution in [2.75, 3.05) is 37.7 Å². The highest BCUT2D eigenvalue weighted by atomic mass is 16.5. The van der Waals surface area contributed by atoms with Crippen LogP contribution in [0.1, 0.15) is 55.2 Å². The van der Waals surface area contributed by atoms with E-state index in [-0.39, 0.29) is 18.2 Å². The van der Waals surface area contributed by atoms with Crippen LogP contribution in [-0.4, -0.2) is 64.3 Å². The summed E-state index contributed by atoms with van der Waals surface area (Å²) in [5, 5.41) is 8.52. The number of ether oxygens (including phenoxy) is 1. The number of ketones is 1. The summed E-state index contributed by atoms with van der Waals surface area (Å²) in [6, 6.07) is 6.13. The zero-order chi connectivity index (χ0) is 26.4. The Labute approximate surface area is 221 Å². The van der Waals surface area contributed by atoms with E-state index in [0.29, 0.717) is 48.2 Å². The van der Waals surface area contributed by atoms with Gasteiger partial charge in [-0.1, -0.05) is 11.6 Å². The number of carbonyl (C=O) groups excluding carboxylic acids is 2. The maximum Gasteiger partial charge on any atom is 0.252 e. The van der Waals surface area contributed by atoms with Crippen LogP contribution in [0.15, 0.2) is 47.2 Å². The molecule has 9 nitrogen and oxygen atoms in total. The van der Waals surface area contributed by atoms with Crippen molar-refractivity contribution in [3.63, 3.8) is 0 Å². The van der Waals surface area contributed by atoms with Crippen molar-refractivity contribution in [3.05, 3.63) is 58.4 Å². The molecule has 1 N–H and O–H groups in total. The molecule has 0 radical (unpaired) electrons. The lowest BCUT2D eigenvalue weighted by atomic mass is 9.92. The fraction of sp³-hybridized carbons (Fsp3) is 0.414. The number of amides is 1. The predicted molar refractivity (Wildman–Crippen MR) is 145 cm³/mol. The quantitative estimate of drug-likeness (QED) is 0.534. The molecule has 0 atom stereocenters. The first kappa shape index (κ1) is 24.5. The third-order valence-corrected chi connectivity index (χ3v) is 7.49. The number of morpholine rings is 1. The van der Waals surface area contributed by atoms with Crippen LogP contribution in [0.4, 0.5) is 5.82 Å². The minimum absolute atomic E-state index is 0.0625. The molecule has 3 aromatic heterocycles. The molecule has 1 saturated carbocycles. The van der Waals surface area contributed by atoms with Crippen molar-refractivity contribution in [3.8, 4) is 11.3 Å². The van der Waals surface area contributed by atoms with Crippen LogP contribution in [0.3, 0.4) is 0 Å². The van der Waals surface area contributed by atoms with Crippen LogP contribution in [-0.2, 0) is 9.53 Å². The SMILES string of the molecule is CC1=CC(C)=C(CNC(=O)c2cc(-c3ccc(N4CCOCC4)nc3)nc3c2c(C)nn3C2CC2)C(=O)C1. The van der Waals surface area contributed by atoms with Crippen molar-refractivity contribution < 1.29 is 14.3 Å². The van der Waals surface area contributed by atoms with Crippen LogP contribution in [0.25, 0.3) is 22.3 Å². The Hall–Kier alpha value is -3.85. The highest BCUT2D eigenvalue weighted by molar-refractivity contribution is 6.08. The molecular formula is C29H32N6O3. The van der Waals surface area contributed by atoms with Gasteiger partial charge in [0.15, 0.2) is 11.4 Å². The van der Waals surface area contributed by atoms with Gasteiger partial charge >= 0.3 is 0 Å². The van der Waals surface area contributed by atoms with Gasteiger partial charge in [0.25, 0.3) is 5.91 Å². The number of aryl methyl sites for hydroxylation is 1. The fourth-order valence-corrected chi connectivity index (χ4v) is 5.32. The molecule has 9 heteroatoms. The summed E-state index contributed by atoms with van der Waals surface area (Å²) in [5.41, 5.74) is 6.12. The zero-order valence-corrected chi connectivity index (χ0v) is 22.1. The van der Waals surface area contributed by atoms with Gasteiger partial charge in [-0.2, -0.15) is 5.10 Å². The molecule has 1 amide bonds. The number of hydrogen-bond acceptors (Lipinski definition) is 7. The standard InChI is InChI=1S/C29H32N6O3/c1-17-12-18(2)23(25(36)13-17)16-31-29(37)22-14-24(32-28-27(22)19(3)33-35(28)21-5-6-21)20-4-7-26(30-15-20)34-8-10-38-11-9-34/h4,7,12,14-15,21H,5-6,8-11,13,16H2,1-3H3,(H,31,37). The number of allylic oxidation sites excluding steroid dienone is 3. The third kappa shape index (κ3) is 4.62. The number of fused-ring (bicyclic) bond motifs is 1. The van der Waals surface area contributed by atoms with Crippen molar-refractivity contribution in [2.45, 2.75) is 46.1 Å². The summed E-state index contributed by atoms with van der Waals surface area (Å²) in [7, 11) is 0. The van der Waals surface area contributed by atoms with Gasteiger partial charge in [0.1, 0.15) is 5.82 Å². The molecule has 0 spiro atoms. The molecule has 0 unspecified atom stereocenters. The Morgan fingerprint density at radius 3 is 2.63 bits per heavy atom. The molecule has 0 aromatic carbocycles. The van der Waals surface area contributed by atoms with Gasteiger partial charge in [-0.15, -0.1) is 0 Å². The number of hydrogen-bond donors (Lipinski definition) is 1. The number of aromatic nitrogens is 4. The second kappa shape index (κ2) is 9.79. The number of nitrogens with one attached hydrogen (secondary N) is 1. The van der Waals surface area contributed by atoms with E-state index in [4.69, 9.17) is 14.8 Å². The minimum atomic E-state index is -0.241. The average molecular weight is 513 g/mol. The zero-order valence-electron chi connectivity index (χ0n) is 22.1. The number of rotatable bonds is 6. The maximum absolute atomic E-state index is 13.6. The summed E-state index contributed by atoms with van der Waals surface area (Å²) in [6.45, 7) is 9.01. The van der Waals surface area contributed by atoms with Crippen molar-refractivity contribution in [1.29, 1.82) is 0 Å². The minimum Gasteiger partial charge on any atom is -0.378 e. The second-order valence-corrected chi connectivity index (χ2v) is 10.5. The van der Waals surface area contributed by atoms with E-state index in [0.717, 1.165) is 59.5 Å². The fourth-order valence-electron chi connectivity index (χ4n) is 5.32. The Balaban J connectivity index is 1.35. The number of pyridine rings is 2. The lowest BCUT2D eigenvalue weighted by Gasteiger charge is -2.27. The van der Waals surface area contributed by atoms with Gasteiger partial charge in [0, 0.05) is 43.4 Å². The van der Waals surface area contributed by atoms with E-state index >= 15 is 0 Å². The first-order chi connectivity index (χ1) is 18.4. The smallest absolute Gasteiger partial charge is 0.252 e. The Kier molecular flexibility index (Phi) is 6.31. The van der Waals surface area contributed by atoms with Crippen LogP contribution in [0, 0.1) is 6.92 Å². The number of Topliss-reactive ketones (excluding diaryl/α,β-unsaturated/α-hetero) is 1. The van der Waals surface area contributed by atoms with Crippen LogP contribution in [0.5, 0.6) is 0 Å². The van der Waals surface area contributed by atoms with Crippen molar-refractivity contribution >= 4 is 28.5 Å². The highest BCUT2D eigenvalue weighted by Gasteiger charge is 2.30. The van der Waals surface area contributed by atoms with Crippen LogP contribution >= 0.6 is 0 Å². The molecule has 4 heterocycles. The summed E-state index contributed by atoms with van der Waals surface area (Å²) < 4.78 is 7.42. The molecule has 3 aromatic rings. The predicted octanol–water partition coefficient (Wildman–Crippen LogP) is 3.94. The molecule has 6 rings (SSSR count). The normalized spacial score (nSPS) is 18.2. The van der Waals surface area contributed by atoms with E-state index in [2.05, 4.69) is 15.2 Å². The van der Waals surface area contributed by atoms with Crippen molar-refractivity contribution in [2.24, 2.45) is 0 Å². The largest absolute Gasteiger partial charge is 0.378 e. The van der Waals surface area contributed by atoms with E-state index in [9.17, 15) is 9.59 Å².